The fraction of sp³-hybridized carbons (Fsp3) is 0.300. The van der Waals surface area contributed by atoms with Gasteiger partial charge < -0.3 is 10.3 Å². The van der Waals surface area contributed by atoms with Crippen molar-refractivity contribution in [3.8, 4) is 10.6 Å². The zero-order valence-corrected chi connectivity index (χ0v) is 9.77. The number of hydrogen-bond donors (Lipinski definition) is 1. The van der Waals surface area contributed by atoms with E-state index < -0.39 is 0 Å². The molecule has 0 saturated carbocycles. The van der Waals surface area contributed by atoms with Crippen molar-refractivity contribution in [3.05, 3.63) is 23.2 Å². The first-order chi connectivity index (χ1) is 7.40. The molecule has 3 rings (SSSR count). The van der Waals surface area contributed by atoms with Crippen molar-refractivity contribution in [2.45, 2.75) is 18.2 Å². The average Bonchev–Trinajstić information content (AvgIpc) is 2.93. The molecule has 15 heavy (non-hydrogen) atoms. The highest BCUT2D eigenvalue weighted by Gasteiger charge is 2.21. The zero-order chi connectivity index (χ0) is 10.3. The molecule has 1 aliphatic heterocycles. The van der Waals surface area contributed by atoms with Gasteiger partial charge in [0.05, 0.1) is 10.6 Å². The lowest BCUT2D eigenvalue weighted by Crippen LogP contribution is -2.06. The maximum absolute atomic E-state index is 5.81. The van der Waals surface area contributed by atoms with E-state index in [9.17, 15) is 0 Å². The van der Waals surface area contributed by atoms with Crippen molar-refractivity contribution in [3.63, 3.8) is 0 Å². The SMILES string of the molecule is NCc1c(-c2cccs2)nc2n1CCS2. The molecular weight excluding hydrogens is 226 g/mol. The number of imidazole rings is 1. The predicted molar refractivity (Wildman–Crippen MR) is 64.2 cm³/mol. The first-order valence-corrected chi connectivity index (χ1v) is 6.73. The second-order valence-electron chi connectivity index (χ2n) is 3.37. The van der Waals surface area contributed by atoms with Crippen LogP contribution in [0.3, 0.4) is 0 Å². The Morgan fingerprint density at radius 3 is 3.20 bits per heavy atom. The molecular formula is C10H11N3S2. The quantitative estimate of drug-likeness (QED) is 0.870. The number of thiophene rings is 1. The second kappa shape index (κ2) is 3.66. The van der Waals surface area contributed by atoms with Crippen LogP contribution in [0.2, 0.25) is 0 Å². The van der Waals surface area contributed by atoms with E-state index in [0.29, 0.717) is 6.54 Å². The molecule has 2 aromatic heterocycles. The third-order valence-corrected chi connectivity index (χ3v) is 4.36. The van der Waals surface area contributed by atoms with Crippen molar-refractivity contribution in [2.75, 3.05) is 5.75 Å². The van der Waals surface area contributed by atoms with E-state index in [-0.39, 0.29) is 0 Å². The van der Waals surface area contributed by atoms with E-state index in [1.54, 1.807) is 11.3 Å². The van der Waals surface area contributed by atoms with Crippen LogP contribution in [0, 0.1) is 0 Å². The van der Waals surface area contributed by atoms with Gasteiger partial charge in [-0.2, -0.15) is 0 Å². The smallest absolute Gasteiger partial charge is 0.168 e. The monoisotopic (exact) mass is 237 g/mol. The Hall–Kier alpha value is -0.780. The minimum Gasteiger partial charge on any atom is -0.325 e. The summed E-state index contributed by atoms with van der Waals surface area (Å²) in [4.78, 5) is 5.88. The van der Waals surface area contributed by atoms with Crippen LogP contribution in [0.15, 0.2) is 22.7 Å². The number of rotatable bonds is 2. The molecule has 3 nitrogen and oxygen atoms in total. The van der Waals surface area contributed by atoms with E-state index in [4.69, 9.17) is 5.73 Å². The molecule has 1 aliphatic rings. The highest BCUT2D eigenvalue weighted by atomic mass is 32.2. The Morgan fingerprint density at radius 1 is 1.53 bits per heavy atom. The van der Waals surface area contributed by atoms with Crippen LogP contribution >= 0.6 is 23.1 Å². The summed E-state index contributed by atoms with van der Waals surface area (Å²) in [6.07, 6.45) is 0. The zero-order valence-electron chi connectivity index (χ0n) is 8.14. The lowest BCUT2D eigenvalue weighted by molar-refractivity contribution is 0.678. The lowest BCUT2D eigenvalue weighted by Gasteiger charge is -2.02. The number of thioether (sulfide) groups is 1. The Bertz CT molecular complexity index is 473. The van der Waals surface area contributed by atoms with Crippen molar-refractivity contribution >= 4 is 23.1 Å². The molecule has 0 atom stereocenters. The standard InChI is InChI=1S/C10H11N3S2/c11-6-7-9(8-2-1-4-14-8)12-10-13(7)3-5-15-10/h1-2,4H,3,5-6,11H2. The summed E-state index contributed by atoms with van der Waals surface area (Å²) in [6.45, 7) is 1.62. The third kappa shape index (κ3) is 1.42. The molecule has 0 unspecified atom stereocenters. The van der Waals surface area contributed by atoms with Crippen LogP contribution in [0.4, 0.5) is 0 Å². The van der Waals surface area contributed by atoms with Gasteiger partial charge in [-0.3, -0.25) is 0 Å². The van der Waals surface area contributed by atoms with E-state index in [0.717, 1.165) is 23.1 Å². The van der Waals surface area contributed by atoms with E-state index >= 15 is 0 Å². The maximum atomic E-state index is 5.81. The molecule has 0 aromatic carbocycles. The van der Waals surface area contributed by atoms with Gasteiger partial charge in [-0.1, -0.05) is 17.8 Å². The van der Waals surface area contributed by atoms with Gasteiger partial charge in [-0.05, 0) is 11.4 Å². The average molecular weight is 237 g/mol. The first-order valence-electron chi connectivity index (χ1n) is 4.86. The van der Waals surface area contributed by atoms with E-state index in [1.165, 1.54) is 10.6 Å². The molecule has 0 amide bonds. The molecule has 0 aliphatic carbocycles. The summed E-state index contributed by atoms with van der Waals surface area (Å²) in [7, 11) is 0. The van der Waals surface area contributed by atoms with Gasteiger partial charge in [-0.15, -0.1) is 11.3 Å². The molecule has 78 valence electrons. The Balaban J connectivity index is 2.16. The normalized spacial score (nSPS) is 14.5. The van der Waals surface area contributed by atoms with Gasteiger partial charge in [-0.25, -0.2) is 4.98 Å². The second-order valence-corrected chi connectivity index (χ2v) is 5.38. The Labute approximate surface area is 96.3 Å². The van der Waals surface area contributed by atoms with Crippen LogP contribution in [0.5, 0.6) is 0 Å². The summed E-state index contributed by atoms with van der Waals surface area (Å²) in [5.41, 5.74) is 8.07. The number of nitrogens with zero attached hydrogens (tertiary/aromatic N) is 2. The number of aromatic nitrogens is 2. The molecule has 2 aromatic rings. The number of fused-ring (bicyclic) bond motifs is 1. The van der Waals surface area contributed by atoms with Crippen LogP contribution in [-0.2, 0) is 13.1 Å². The largest absolute Gasteiger partial charge is 0.325 e. The van der Waals surface area contributed by atoms with Gasteiger partial charge in [0.25, 0.3) is 0 Å². The Kier molecular flexibility index (Phi) is 2.31. The fourth-order valence-electron chi connectivity index (χ4n) is 1.85. The van der Waals surface area contributed by atoms with Crippen molar-refractivity contribution in [1.82, 2.24) is 9.55 Å². The van der Waals surface area contributed by atoms with Gasteiger partial charge in [0.2, 0.25) is 0 Å². The minimum atomic E-state index is 0.570. The van der Waals surface area contributed by atoms with E-state index in [1.807, 2.05) is 11.8 Å². The topological polar surface area (TPSA) is 43.8 Å². The summed E-state index contributed by atoms with van der Waals surface area (Å²) in [6, 6.07) is 4.16. The van der Waals surface area contributed by atoms with Crippen molar-refractivity contribution < 1.29 is 0 Å². The number of nitrogens with two attached hydrogens (primary N) is 1. The summed E-state index contributed by atoms with van der Waals surface area (Å²) in [5, 5.41) is 3.20. The van der Waals surface area contributed by atoms with Crippen LogP contribution in [0.1, 0.15) is 5.69 Å². The molecule has 0 spiro atoms. The van der Waals surface area contributed by atoms with Crippen molar-refractivity contribution in [2.24, 2.45) is 5.73 Å². The molecule has 0 radical (unpaired) electrons. The highest BCUT2D eigenvalue weighted by Crippen LogP contribution is 2.34. The third-order valence-electron chi connectivity index (χ3n) is 2.53. The van der Waals surface area contributed by atoms with Crippen LogP contribution in [0.25, 0.3) is 10.6 Å². The molecule has 0 saturated heterocycles. The first kappa shape index (κ1) is 9.45. The van der Waals surface area contributed by atoms with Crippen LogP contribution < -0.4 is 5.73 Å². The predicted octanol–water partition coefficient (Wildman–Crippen LogP) is 2.18. The van der Waals surface area contributed by atoms with Gasteiger partial charge in [0.15, 0.2) is 5.16 Å². The minimum absolute atomic E-state index is 0.570. The summed E-state index contributed by atoms with van der Waals surface area (Å²) < 4.78 is 2.25. The number of hydrogen-bond acceptors (Lipinski definition) is 4. The summed E-state index contributed by atoms with van der Waals surface area (Å²) in [5.74, 6) is 1.13. The highest BCUT2D eigenvalue weighted by molar-refractivity contribution is 7.99. The lowest BCUT2D eigenvalue weighted by atomic mass is 10.2. The van der Waals surface area contributed by atoms with Gasteiger partial charge in [0, 0.05) is 18.8 Å². The summed E-state index contributed by atoms with van der Waals surface area (Å²) >= 11 is 3.54. The molecule has 3 heterocycles. The maximum Gasteiger partial charge on any atom is 0.168 e. The Morgan fingerprint density at radius 2 is 2.47 bits per heavy atom. The molecule has 0 bridgehead atoms. The van der Waals surface area contributed by atoms with E-state index in [2.05, 4.69) is 27.1 Å². The van der Waals surface area contributed by atoms with Crippen molar-refractivity contribution in [1.29, 1.82) is 0 Å². The van der Waals surface area contributed by atoms with Crippen LogP contribution in [-0.4, -0.2) is 15.3 Å². The molecule has 5 heteroatoms. The molecule has 2 N–H and O–H groups in total. The van der Waals surface area contributed by atoms with Gasteiger partial charge in [0.1, 0.15) is 5.69 Å². The fourth-order valence-corrected chi connectivity index (χ4v) is 3.56. The molecule has 0 fully saturated rings. The van der Waals surface area contributed by atoms with Gasteiger partial charge >= 0.3 is 0 Å².